The zero-order chi connectivity index (χ0) is 16.5. The highest BCUT2D eigenvalue weighted by molar-refractivity contribution is 7.98. The van der Waals surface area contributed by atoms with Crippen molar-refractivity contribution in [1.29, 1.82) is 0 Å². The third kappa shape index (κ3) is 2.44. The number of hydrogen-bond acceptors (Lipinski definition) is 5. The summed E-state index contributed by atoms with van der Waals surface area (Å²) in [5, 5.41) is 17.9. The monoisotopic (exact) mass is 336 g/mol. The van der Waals surface area contributed by atoms with Crippen LogP contribution in [0.4, 0.5) is 0 Å². The van der Waals surface area contributed by atoms with Gasteiger partial charge in [-0.2, -0.15) is 0 Å². The molecule has 0 amide bonds. The van der Waals surface area contributed by atoms with Gasteiger partial charge < -0.3 is 5.11 Å². The molecule has 6 heteroatoms. The lowest BCUT2D eigenvalue weighted by atomic mass is 10.0. The van der Waals surface area contributed by atoms with Crippen molar-refractivity contribution in [3.05, 3.63) is 71.3 Å². The third-order valence-corrected chi connectivity index (χ3v) is 4.79. The van der Waals surface area contributed by atoms with Gasteiger partial charge in [0.15, 0.2) is 11.6 Å². The van der Waals surface area contributed by atoms with E-state index in [-0.39, 0.29) is 6.61 Å². The minimum absolute atomic E-state index is 0.155. The maximum Gasteiger partial charge on any atom is 0.163 e. The van der Waals surface area contributed by atoms with Gasteiger partial charge in [-0.15, -0.1) is 22.0 Å². The van der Waals surface area contributed by atoms with Crippen LogP contribution in [0, 0.1) is 0 Å². The molecule has 120 valence electrons. The van der Waals surface area contributed by atoms with Crippen LogP contribution < -0.4 is 0 Å². The van der Waals surface area contributed by atoms with Gasteiger partial charge in [0.25, 0.3) is 0 Å². The third-order valence-electron chi connectivity index (χ3n) is 4.06. The van der Waals surface area contributed by atoms with Crippen LogP contribution in [0.25, 0.3) is 5.69 Å². The SMILES string of the molecule is CSc1ccc2c(c1)C(c1ccccc1)=NCc1nnc(CO)n1-2. The van der Waals surface area contributed by atoms with E-state index >= 15 is 0 Å². The van der Waals surface area contributed by atoms with Crippen molar-refractivity contribution < 1.29 is 5.11 Å². The molecule has 4 rings (SSSR count). The van der Waals surface area contributed by atoms with E-state index in [1.165, 1.54) is 4.90 Å². The highest BCUT2D eigenvalue weighted by Crippen LogP contribution is 2.29. The molecule has 0 saturated heterocycles. The molecule has 5 nitrogen and oxygen atoms in total. The summed E-state index contributed by atoms with van der Waals surface area (Å²) in [5.74, 6) is 1.27. The maximum absolute atomic E-state index is 9.62. The number of thioether (sulfide) groups is 1. The minimum atomic E-state index is -0.155. The number of nitrogens with zero attached hydrogens (tertiary/aromatic N) is 4. The first-order valence-corrected chi connectivity index (χ1v) is 8.87. The average Bonchev–Trinajstić information content (AvgIpc) is 2.98. The van der Waals surface area contributed by atoms with Gasteiger partial charge in [-0.05, 0) is 24.5 Å². The van der Waals surface area contributed by atoms with Gasteiger partial charge in [-0.3, -0.25) is 9.56 Å². The van der Waals surface area contributed by atoms with Crippen molar-refractivity contribution in [2.24, 2.45) is 4.99 Å². The molecule has 2 heterocycles. The molecule has 0 fully saturated rings. The van der Waals surface area contributed by atoms with Gasteiger partial charge in [0.1, 0.15) is 13.2 Å². The van der Waals surface area contributed by atoms with E-state index in [1.807, 2.05) is 22.8 Å². The summed E-state index contributed by atoms with van der Waals surface area (Å²) < 4.78 is 1.92. The van der Waals surface area contributed by atoms with Crippen LogP contribution >= 0.6 is 11.8 Å². The number of fused-ring (bicyclic) bond motifs is 3. The molecule has 1 aromatic heterocycles. The second-order valence-electron chi connectivity index (χ2n) is 5.44. The topological polar surface area (TPSA) is 63.3 Å². The summed E-state index contributed by atoms with van der Waals surface area (Å²) in [7, 11) is 0. The van der Waals surface area contributed by atoms with E-state index < -0.39 is 0 Å². The Balaban J connectivity index is 1.99. The number of aromatic nitrogens is 3. The lowest BCUT2D eigenvalue weighted by Gasteiger charge is -2.14. The summed E-state index contributed by atoms with van der Waals surface area (Å²) in [5.41, 5.74) is 4.00. The van der Waals surface area contributed by atoms with E-state index in [2.05, 4.69) is 46.8 Å². The zero-order valence-electron chi connectivity index (χ0n) is 13.2. The summed E-state index contributed by atoms with van der Waals surface area (Å²) in [6.45, 7) is 0.276. The molecule has 0 spiro atoms. The predicted octanol–water partition coefficient (Wildman–Crippen LogP) is 2.83. The van der Waals surface area contributed by atoms with Crippen LogP contribution in [0.2, 0.25) is 0 Å². The highest BCUT2D eigenvalue weighted by atomic mass is 32.2. The fraction of sp³-hybridized carbons (Fsp3) is 0.167. The quantitative estimate of drug-likeness (QED) is 0.747. The number of aliphatic hydroxyl groups is 1. The van der Waals surface area contributed by atoms with Crippen LogP contribution in [0.5, 0.6) is 0 Å². The predicted molar refractivity (Wildman–Crippen MR) is 94.8 cm³/mol. The Hall–Kier alpha value is -2.44. The standard InChI is InChI=1S/C18H16N4OS/c1-24-13-7-8-15-14(9-13)18(12-5-3-2-4-6-12)19-10-16-20-21-17(11-23)22(15)16/h2-9,23H,10-11H2,1H3. The van der Waals surface area contributed by atoms with Crippen molar-refractivity contribution >= 4 is 17.5 Å². The average molecular weight is 336 g/mol. The summed E-state index contributed by atoms with van der Waals surface area (Å²) >= 11 is 1.69. The summed E-state index contributed by atoms with van der Waals surface area (Å²) in [4.78, 5) is 5.97. The van der Waals surface area contributed by atoms with Crippen molar-refractivity contribution in [3.63, 3.8) is 0 Å². The van der Waals surface area contributed by atoms with Crippen molar-refractivity contribution in [2.75, 3.05) is 6.26 Å². The first kappa shape index (κ1) is 15.1. The maximum atomic E-state index is 9.62. The van der Waals surface area contributed by atoms with Crippen molar-refractivity contribution in [2.45, 2.75) is 18.0 Å². The molecule has 0 saturated carbocycles. The Morgan fingerprint density at radius 1 is 1.12 bits per heavy atom. The molecule has 0 unspecified atom stereocenters. The van der Waals surface area contributed by atoms with Crippen LogP contribution in [0.3, 0.4) is 0 Å². The van der Waals surface area contributed by atoms with Crippen LogP contribution in [0.15, 0.2) is 58.4 Å². The van der Waals surface area contributed by atoms with E-state index in [0.717, 1.165) is 28.4 Å². The molecule has 24 heavy (non-hydrogen) atoms. The van der Waals surface area contributed by atoms with Crippen LogP contribution in [-0.4, -0.2) is 31.8 Å². The second-order valence-corrected chi connectivity index (χ2v) is 6.32. The number of aliphatic imine (C=N–C) groups is 1. The molecule has 0 aliphatic carbocycles. The second kappa shape index (κ2) is 6.22. The largest absolute Gasteiger partial charge is 0.388 e. The number of benzene rings is 2. The molecule has 0 atom stereocenters. The Labute approximate surface area is 144 Å². The van der Waals surface area contributed by atoms with E-state index in [4.69, 9.17) is 4.99 Å². The molecular formula is C18H16N4OS. The Bertz CT molecular complexity index is 918. The van der Waals surface area contributed by atoms with Crippen molar-refractivity contribution in [3.8, 4) is 5.69 Å². The molecule has 0 bridgehead atoms. The van der Waals surface area contributed by atoms with Gasteiger partial charge in [-0.25, -0.2) is 0 Å². The fourth-order valence-electron chi connectivity index (χ4n) is 2.94. The van der Waals surface area contributed by atoms with E-state index in [1.54, 1.807) is 11.8 Å². The number of hydrogen-bond donors (Lipinski definition) is 1. The molecule has 2 aromatic carbocycles. The normalized spacial score (nSPS) is 13.0. The van der Waals surface area contributed by atoms with Gasteiger partial charge in [0.05, 0.1) is 11.4 Å². The van der Waals surface area contributed by atoms with Gasteiger partial charge in [0, 0.05) is 16.0 Å². The highest BCUT2D eigenvalue weighted by Gasteiger charge is 2.22. The summed E-state index contributed by atoms with van der Waals surface area (Å²) in [6, 6.07) is 16.4. The Kier molecular flexibility index (Phi) is 3.92. The van der Waals surface area contributed by atoms with Crippen molar-refractivity contribution in [1.82, 2.24) is 14.8 Å². The van der Waals surface area contributed by atoms with Gasteiger partial charge >= 0.3 is 0 Å². The molecule has 1 aliphatic rings. The smallest absolute Gasteiger partial charge is 0.163 e. The molecule has 0 radical (unpaired) electrons. The Morgan fingerprint density at radius 2 is 1.96 bits per heavy atom. The zero-order valence-corrected chi connectivity index (χ0v) is 14.0. The molecule has 1 aliphatic heterocycles. The lowest BCUT2D eigenvalue weighted by Crippen LogP contribution is -2.09. The number of rotatable bonds is 3. The first-order chi connectivity index (χ1) is 11.8. The van der Waals surface area contributed by atoms with Gasteiger partial charge in [0.2, 0.25) is 0 Å². The van der Waals surface area contributed by atoms with Gasteiger partial charge in [-0.1, -0.05) is 30.3 Å². The fourth-order valence-corrected chi connectivity index (χ4v) is 3.38. The number of aliphatic hydroxyl groups excluding tert-OH is 1. The molecular weight excluding hydrogens is 320 g/mol. The van der Waals surface area contributed by atoms with Crippen LogP contribution in [-0.2, 0) is 13.2 Å². The van der Waals surface area contributed by atoms with Crippen LogP contribution in [0.1, 0.15) is 22.8 Å². The van der Waals surface area contributed by atoms with E-state index in [0.29, 0.717) is 12.4 Å². The summed E-state index contributed by atoms with van der Waals surface area (Å²) in [6.07, 6.45) is 2.06. The van der Waals surface area contributed by atoms with E-state index in [9.17, 15) is 5.11 Å². The first-order valence-electron chi connectivity index (χ1n) is 7.64. The Morgan fingerprint density at radius 3 is 2.71 bits per heavy atom. The molecule has 3 aromatic rings. The molecule has 1 N–H and O–H groups in total. The minimum Gasteiger partial charge on any atom is -0.388 e. The lowest BCUT2D eigenvalue weighted by molar-refractivity contribution is 0.268.